The topological polar surface area (TPSA) is 65.6 Å². The first kappa shape index (κ1) is 20.0. The predicted molar refractivity (Wildman–Crippen MR) is 122 cm³/mol. The summed E-state index contributed by atoms with van der Waals surface area (Å²) in [4.78, 5) is 13.7. The Bertz CT molecular complexity index is 983. The molecule has 0 radical (unpaired) electrons. The van der Waals surface area contributed by atoms with Crippen molar-refractivity contribution in [2.24, 2.45) is 0 Å². The van der Waals surface area contributed by atoms with E-state index >= 15 is 0 Å². The summed E-state index contributed by atoms with van der Waals surface area (Å²) in [5.41, 5.74) is 4.21. The van der Waals surface area contributed by atoms with Gasteiger partial charge in [0.15, 0.2) is 0 Å². The van der Waals surface area contributed by atoms with Crippen molar-refractivity contribution in [1.82, 2.24) is 14.9 Å². The SMILES string of the molecule is COc1cc(Nc2ccnc(Nc3ccc(N4CCN(C)CC4)cc3)n2)ccc1C. The van der Waals surface area contributed by atoms with Gasteiger partial charge in [-0.2, -0.15) is 4.98 Å². The fourth-order valence-corrected chi connectivity index (χ4v) is 3.48. The van der Waals surface area contributed by atoms with E-state index in [-0.39, 0.29) is 0 Å². The molecule has 0 aliphatic carbocycles. The molecule has 30 heavy (non-hydrogen) atoms. The Labute approximate surface area is 177 Å². The Morgan fingerprint density at radius 2 is 1.63 bits per heavy atom. The molecule has 0 saturated carbocycles. The van der Waals surface area contributed by atoms with Crippen LogP contribution in [0.1, 0.15) is 5.56 Å². The van der Waals surface area contributed by atoms with Crippen molar-refractivity contribution in [2.45, 2.75) is 6.92 Å². The van der Waals surface area contributed by atoms with Gasteiger partial charge in [0.25, 0.3) is 0 Å². The quantitative estimate of drug-likeness (QED) is 0.643. The lowest BCUT2D eigenvalue weighted by Crippen LogP contribution is -2.44. The van der Waals surface area contributed by atoms with Gasteiger partial charge >= 0.3 is 0 Å². The molecule has 156 valence electrons. The van der Waals surface area contributed by atoms with E-state index in [1.807, 2.05) is 31.2 Å². The minimum atomic E-state index is 0.548. The summed E-state index contributed by atoms with van der Waals surface area (Å²) in [5, 5.41) is 6.59. The third-order valence-electron chi connectivity index (χ3n) is 5.33. The zero-order valence-electron chi connectivity index (χ0n) is 17.7. The van der Waals surface area contributed by atoms with E-state index in [1.165, 1.54) is 5.69 Å². The van der Waals surface area contributed by atoms with Crippen LogP contribution in [0.25, 0.3) is 0 Å². The first-order chi connectivity index (χ1) is 14.6. The van der Waals surface area contributed by atoms with E-state index in [9.17, 15) is 0 Å². The van der Waals surface area contributed by atoms with Crippen LogP contribution in [-0.2, 0) is 0 Å². The van der Waals surface area contributed by atoms with Crippen molar-refractivity contribution in [3.63, 3.8) is 0 Å². The average molecular weight is 405 g/mol. The number of hydrogen-bond donors (Lipinski definition) is 2. The highest BCUT2D eigenvalue weighted by Crippen LogP contribution is 2.25. The van der Waals surface area contributed by atoms with Crippen molar-refractivity contribution in [1.29, 1.82) is 0 Å². The standard InChI is InChI=1S/C23H28N6O/c1-17-4-5-19(16-21(17)30-3)25-22-10-11-24-23(27-22)26-18-6-8-20(9-7-18)29-14-12-28(2)13-15-29/h4-11,16H,12-15H2,1-3H3,(H2,24,25,26,27). The van der Waals surface area contributed by atoms with Crippen molar-refractivity contribution < 1.29 is 4.74 Å². The van der Waals surface area contributed by atoms with Gasteiger partial charge in [0, 0.05) is 55.5 Å². The monoisotopic (exact) mass is 404 g/mol. The van der Waals surface area contributed by atoms with E-state index in [1.54, 1.807) is 13.3 Å². The van der Waals surface area contributed by atoms with Gasteiger partial charge in [0.05, 0.1) is 7.11 Å². The fraction of sp³-hybridized carbons (Fsp3) is 0.304. The van der Waals surface area contributed by atoms with Crippen LogP contribution in [0.5, 0.6) is 5.75 Å². The second-order valence-corrected chi connectivity index (χ2v) is 7.54. The number of benzene rings is 2. The molecule has 2 N–H and O–H groups in total. The van der Waals surface area contributed by atoms with Crippen LogP contribution in [0.15, 0.2) is 54.7 Å². The summed E-state index contributed by atoms with van der Waals surface area (Å²) in [5.74, 6) is 2.10. The molecule has 4 rings (SSSR count). The van der Waals surface area contributed by atoms with Gasteiger partial charge in [-0.1, -0.05) is 6.07 Å². The number of likely N-dealkylation sites (N-methyl/N-ethyl adjacent to an activating group) is 1. The Morgan fingerprint density at radius 3 is 2.37 bits per heavy atom. The molecule has 0 spiro atoms. The lowest BCUT2D eigenvalue weighted by molar-refractivity contribution is 0.313. The summed E-state index contributed by atoms with van der Waals surface area (Å²) in [6.07, 6.45) is 1.74. The highest BCUT2D eigenvalue weighted by Gasteiger charge is 2.14. The molecule has 0 bridgehead atoms. The normalized spacial score (nSPS) is 14.4. The second kappa shape index (κ2) is 9.00. The molecule has 0 amide bonds. The van der Waals surface area contributed by atoms with Gasteiger partial charge < -0.3 is 25.2 Å². The first-order valence-electron chi connectivity index (χ1n) is 10.2. The number of piperazine rings is 1. The average Bonchev–Trinajstić information content (AvgIpc) is 2.76. The Hall–Kier alpha value is -3.32. The minimum absolute atomic E-state index is 0.548. The lowest BCUT2D eigenvalue weighted by Gasteiger charge is -2.34. The summed E-state index contributed by atoms with van der Waals surface area (Å²) in [7, 11) is 3.84. The molecule has 0 unspecified atom stereocenters. The number of rotatable bonds is 6. The number of methoxy groups -OCH3 is 1. The van der Waals surface area contributed by atoms with Gasteiger partial charge in [-0.15, -0.1) is 0 Å². The van der Waals surface area contributed by atoms with Gasteiger partial charge in [-0.25, -0.2) is 4.98 Å². The summed E-state index contributed by atoms with van der Waals surface area (Å²) in [6, 6.07) is 16.3. The van der Waals surface area contributed by atoms with E-state index in [4.69, 9.17) is 4.74 Å². The van der Waals surface area contributed by atoms with Crippen molar-refractivity contribution in [3.8, 4) is 5.75 Å². The van der Waals surface area contributed by atoms with Gasteiger partial charge in [0.1, 0.15) is 11.6 Å². The number of aromatic nitrogens is 2. The largest absolute Gasteiger partial charge is 0.496 e. The molecule has 7 nitrogen and oxygen atoms in total. The highest BCUT2D eigenvalue weighted by atomic mass is 16.5. The van der Waals surface area contributed by atoms with Crippen LogP contribution in [0.2, 0.25) is 0 Å². The van der Waals surface area contributed by atoms with Crippen molar-refractivity contribution >= 4 is 28.8 Å². The number of nitrogens with one attached hydrogen (secondary N) is 2. The number of hydrogen-bond acceptors (Lipinski definition) is 7. The van der Waals surface area contributed by atoms with Crippen molar-refractivity contribution in [2.75, 3.05) is 55.9 Å². The molecule has 2 aromatic carbocycles. The molecule has 1 aliphatic heterocycles. The number of aryl methyl sites for hydroxylation is 1. The molecule has 0 atom stereocenters. The van der Waals surface area contributed by atoms with E-state index in [2.05, 4.69) is 61.7 Å². The molecular formula is C23H28N6O. The zero-order valence-corrected chi connectivity index (χ0v) is 17.7. The number of ether oxygens (including phenoxy) is 1. The maximum Gasteiger partial charge on any atom is 0.229 e. The number of nitrogens with zero attached hydrogens (tertiary/aromatic N) is 4. The van der Waals surface area contributed by atoms with Gasteiger partial charge in [-0.3, -0.25) is 0 Å². The Kier molecular flexibility index (Phi) is 5.99. The molecule has 7 heteroatoms. The smallest absolute Gasteiger partial charge is 0.229 e. The van der Waals surface area contributed by atoms with Crippen LogP contribution in [0.3, 0.4) is 0 Å². The lowest BCUT2D eigenvalue weighted by atomic mass is 10.2. The molecule has 3 aromatic rings. The predicted octanol–water partition coefficient (Wildman–Crippen LogP) is 4.03. The molecule has 1 saturated heterocycles. The maximum atomic E-state index is 5.39. The summed E-state index contributed by atoms with van der Waals surface area (Å²) >= 11 is 0. The molecule has 2 heterocycles. The number of anilines is 5. The van der Waals surface area contributed by atoms with Crippen LogP contribution in [-0.4, -0.2) is 55.2 Å². The minimum Gasteiger partial charge on any atom is -0.496 e. The van der Waals surface area contributed by atoms with Crippen LogP contribution in [0.4, 0.5) is 28.8 Å². The summed E-state index contributed by atoms with van der Waals surface area (Å²) < 4.78 is 5.39. The van der Waals surface area contributed by atoms with Crippen LogP contribution < -0.4 is 20.3 Å². The first-order valence-corrected chi connectivity index (χ1v) is 10.2. The third kappa shape index (κ3) is 4.80. The van der Waals surface area contributed by atoms with Crippen LogP contribution in [0, 0.1) is 6.92 Å². The van der Waals surface area contributed by atoms with E-state index < -0.39 is 0 Å². The molecule has 1 aromatic heterocycles. The fourth-order valence-electron chi connectivity index (χ4n) is 3.48. The van der Waals surface area contributed by atoms with Gasteiger partial charge in [-0.05, 0) is 55.9 Å². The third-order valence-corrected chi connectivity index (χ3v) is 5.33. The van der Waals surface area contributed by atoms with E-state index in [0.29, 0.717) is 11.8 Å². The van der Waals surface area contributed by atoms with Crippen molar-refractivity contribution in [3.05, 3.63) is 60.3 Å². The summed E-state index contributed by atoms with van der Waals surface area (Å²) in [6.45, 7) is 6.33. The maximum absolute atomic E-state index is 5.39. The molecule has 1 fully saturated rings. The second-order valence-electron chi connectivity index (χ2n) is 7.54. The Balaban J connectivity index is 1.42. The van der Waals surface area contributed by atoms with Gasteiger partial charge in [0.2, 0.25) is 5.95 Å². The van der Waals surface area contributed by atoms with Crippen LogP contribution >= 0.6 is 0 Å². The molecule has 1 aliphatic rings. The molecular weight excluding hydrogens is 376 g/mol. The van der Waals surface area contributed by atoms with E-state index in [0.717, 1.165) is 48.9 Å². The zero-order chi connectivity index (χ0) is 20.9. The highest BCUT2D eigenvalue weighted by molar-refractivity contribution is 5.63. The Morgan fingerprint density at radius 1 is 0.900 bits per heavy atom.